The average Bonchev–Trinajstić information content (AvgIpc) is 3.13. The third-order valence-corrected chi connectivity index (χ3v) is 3.98. The van der Waals surface area contributed by atoms with Crippen molar-refractivity contribution in [1.29, 1.82) is 0 Å². The Balaban J connectivity index is 1.61. The van der Waals surface area contributed by atoms with Crippen molar-refractivity contribution in [1.82, 2.24) is 10.3 Å². The number of carbonyl (C=O) groups excluding carboxylic acids is 1. The molecule has 1 heterocycles. The van der Waals surface area contributed by atoms with Gasteiger partial charge in [-0.2, -0.15) is 0 Å². The van der Waals surface area contributed by atoms with Gasteiger partial charge in [-0.05, 0) is 31.7 Å². The summed E-state index contributed by atoms with van der Waals surface area (Å²) in [6.45, 7) is 2.29. The topological polar surface area (TPSA) is 55.1 Å². The summed E-state index contributed by atoms with van der Waals surface area (Å²) in [7, 11) is 0. The number of carbonyl (C=O) groups is 1. The molecule has 4 heteroatoms. The van der Waals surface area contributed by atoms with Gasteiger partial charge in [-0.1, -0.05) is 30.3 Å². The highest BCUT2D eigenvalue weighted by molar-refractivity contribution is 5.85. The first-order valence-corrected chi connectivity index (χ1v) is 6.91. The van der Waals surface area contributed by atoms with Crippen molar-refractivity contribution in [2.75, 3.05) is 0 Å². The molecule has 3 rings (SSSR count). The molecule has 0 spiro atoms. The van der Waals surface area contributed by atoms with Gasteiger partial charge in [0.1, 0.15) is 11.5 Å². The van der Waals surface area contributed by atoms with Crippen molar-refractivity contribution in [3.8, 4) is 0 Å². The quantitative estimate of drug-likeness (QED) is 0.908. The lowest BCUT2D eigenvalue weighted by Gasteiger charge is -2.15. The molecule has 0 atom stereocenters. The smallest absolute Gasteiger partial charge is 0.226 e. The first kappa shape index (κ1) is 12.9. The van der Waals surface area contributed by atoms with Crippen molar-refractivity contribution in [2.45, 2.75) is 32.7 Å². The molecule has 104 valence electrons. The standard InChI is InChI=1S/C16H18N2O2/c1-12-14(18-11-20-12)10-17-15(19)16(7-8-16)9-13-5-3-2-4-6-13/h2-6,11H,7-10H2,1H3,(H,17,19). The van der Waals surface area contributed by atoms with Crippen molar-refractivity contribution in [2.24, 2.45) is 5.41 Å². The summed E-state index contributed by atoms with van der Waals surface area (Å²) in [6, 6.07) is 10.2. The molecular weight excluding hydrogens is 252 g/mol. The maximum atomic E-state index is 12.4. The molecule has 2 aromatic rings. The van der Waals surface area contributed by atoms with Crippen LogP contribution in [0, 0.1) is 12.3 Å². The van der Waals surface area contributed by atoms with E-state index in [-0.39, 0.29) is 11.3 Å². The Morgan fingerprint density at radius 3 is 2.70 bits per heavy atom. The van der Waals surface area contributed by atoms with E-state index in [1.807, 2.05) is 25.1 Å². The monoisotopic (exact) mass is 270 g/mol. The summed E-state index contributed by atoms with van der Waals surface area (Å²) in [4.78, 5) is 16.5. The highest BCUT2D eigenvalue weighted by Gasteiger charge is 2.49. The number of amides is 1. The SMILES string of the molecule is Cc1ocnc1CNC(=O)C1(Cc2ccccc2)CC1. The van der Waals surface area contributed by atoms with Crippen LogP contribution >= 0.6 is 0 Å². The molecule has 1 aromatic heterocycles. The number of nitrogens with one attached hydrogen (secondary N) is 1. The van der Waals surface area contributed by atoms with Crippen LogP contribution in [0.1, 0.15) is 29.9 Å². The molecule has 4 nitrogen and oxygen atoms in total. The van der Waals surface area contributed by atoms with Crippen LogP contribution in [-0.2, 0) is 17.8 Å². The van der Waals surface area contributed by atoms with Crippen LogP contribution in [0.25, 0.3) is 0 Å². The van der Waals surface area contributed by atoms with Gasteiger partial charge in [0.25, 0.3) is 0 Å². The van der Waals surface area contributed by atoms with E-state index in [0.717, 1.165) is 30.7 Å². The Morgan fingerprint density at radius 2 is 2.10 bits per heavy atom. The van der Waals surface area contributed by atoms with Crippen LogP contribution in [0.5, 0.6) is 0 Å². The minimum absolute atomic E-state index is 0.128. The second-order valence-corrected chi connectivity index (χ2v) is 5.48. The molecule has 1 aliphatic carbocycles. The van der Waals surface area contributed by atoms with Crippen molar-refractivity contribution in [3.05, 3.63) is 53.7 Å². The average molecular weight is 270 g/mol. The van der Waals surface area contributed by atoms with E-state index >= 15 is 0 Å². The van der Waals surface area contributed by atoms with E-state index in [2.05, 4.69) is 22.4 Å². The van der Waals surface area contributed by atoms with E-state index in [1.54, 1.807) is 0 Å². The third-order valence-electron chi connectivity index (χ3n) is 3.98. The third kappa shape index (κ3) is 2.59. The molecule has 0 radical (unpaired) electrons. The van der Waals surface area contributed by atoms with Crippen LogP contribution in [0.15, 0.2) is 41.1 Å². The number of hydrogen-bond acceptors (Lipinski definition) is 3. The minimum Gasteiger partial charge on any atom is -0.448 e. The lowest BCUT2D eigenvalue weighted by Crippen LogP contribution is -2.33. The Morgan fingerprint density at radius 1 is 1.35 bits per heavy atom. The number of rotatable bonds is 5. The van der Waals surface area contributed by atoms with Crippen LogP contribution in [0.2, 0.25) is 0 Å². The summed E-state index contributed by atoms with van der Waals surface area (Å²) in [6.07, 6.45) is 4.15. The van der Waals surface area contributed by atoms with Crippen molar-refractivity contribution in [3.63, 3.8) is 0 Å². The highest BCUT2D eigenvalue weighted by Crippen LogP contribution is 2.48. The number of hydrogen-bond donors (Lipinski definition) is 1. The van der Waals surface area contributed by atoms with Gasteiger partial charge in [0, 0.05) is 0 Å². The van der Waals surface area contributed by atoms with Gasteiger partial charge in [0.2, 0.25) is 5.91 Å². The first-order chi connectivity index (χ1) is 9.70. The van der Waals surface area contributed by atoms with E-state index in [4.69, 9.17) is 4.42 Å². The van der Waals surface area contributed by atoms with Crippen LogP contribution < -0.4 is 5.32 Å². The summed E-state index contributed by atoms with van der Waals surface area (Å²) in [5.41, 5.74) is 1.81. The highest BCUT2D eigenvalue weighted by atomic mass is 16.3. The fraction of sp³-hybridized carbons (Fsp3) is 0.375. The number of oxazole rings is 1. The normalized spacial score (nSPS) is 15.8. The summed E-state index contributed by atoms with van der Waals surface area (Å²) >= 11 is 0. The molecule has 1 aliphatic rings. The maximum Gasteiger partial charge on any atom is 0.226 e. The lowest BCUT2D eigenvalue weighted by atomic mass is 9.95. The zero-order chi connectivity index (χ0) is 14.0. The molecule has 1 amide bonds. The largest absolute Gasteiger partial charge is 0.448 e. The minimum atomic E-state index is -0.209. The molecule has 0 unspecified atom stereocenters. The Hall–Kier alpha value is -2.10. The fourth-order valence-corrected chi connectivity index (χ4v) is 2.47. The van der Waals surface area contributed by atoms with Crippen molar-refractivity contribution >= 4 is 5.91 Å². The number of aromatic nitrogens is 1. The molecular formula is C16H18N2O2. The molecule has 1 fully saturated rings. The molecule has 1 N–H and O–H groups in total. The van der Waals surface area contributed by atoms with Gasteiger partial charge >= 0.3 is 0 Å². The summed E-state index contributed by atoms with van der Waals surface area (Å²) < 4.78 is 5.13. The van der Waals surface area contributed by atoms with Gasteiger partial charge in [-0.25, -0.2) is 4.98 Å². The van der Waals surface area contributed by atoms with E-state index in [9.17, 15) is 4.79 Å². The van der Waals surface area contributed by atoms with E-state index in [1.165, 1.54) is 12.0 Å². The predicted octanol–water partition coefficient (Wildman–Crippen LogP) is 2.62. The van der Waals surface area contributed by atoms with Gasteiger partial charge in [-0.3, -0.25) is 4.79 Å². The first-order valence-electron chi connectivity index (χ1n) is 6.91. The molecule has 0 aliphatic heterocycles. The van der Waals surface area contributed by atoms with Gasteiger partial charge < -0.3 is 9.73 Å². The molecule has 20 heavy (non-hydrogen) atoms. The van der Waals surface area contributed by atoms with E-state index in [0.29, 0.717) is 6.54 Å². The maximum absolute atomic E-state index is 12.4. The second kappa shape index (κ2) is 5.12. The number of aryl methyl sites for hydroxylation is 1. The van der Waals surface area contributed by atoms with Gasteiger partial charge in [0.05, 0.1) is 12.0 Å². The zero-order valence-corrected chi connectivity index (χ0v) is 11.6. The molecule has 0 bridgehead atoms. The number of nitrogens with zero attached hydrogens (tertiary/aromatic N) is 1. The van der Waals surface area contributed by atoms with E-state index < -0.39 is 0 Å². The Kier molecular flexibility index (Phi) is 3.30. The van der Waals surface area contributed by atoms with Crippen LogP contribution in [0.3, 0.4) is 0 Å². The van der Waals surface area contributed by atoms with Gasteiger partial charge in [0.15, 0.2) is 6.39 Å². The lowest BCUT2D eigenvalue weighted by molar-refractivity contribution is -0.126. The van der Waals surface area contributed by atoms with Crippen molar-refractivity contribution < 1.29 is 9.21 Å². The molecule has 1 aromatic carbocycles. The Bertz CT molecular complexity index is 600. The van der Waals surface area contributed by atoms with Crippen LogP contribution in [0.4, 0.5) is 0 Å². The summed E-state index contributed by atoms with van der Waals surface area (Å²) in [5, 5.41) is 2.99. The second-order valence-electron chi connectivity index (χ2n) is 5.48. The zero-order valence-electron chi connectivity index (χ0n) is 11.6. The molecule has 1 saturated carbocycles. The van der Waals surface area contributed by atoms with Gasteiger partial charge in [-0.15, -0.1) is 0 Å². The fourth-order valence-electron chi connectivity index (χ4n) is 2.47. The number of benzene rings is 1. The Labute approximate surface area is 118 Å². The molecule has 0 saturated heterocycles. The predicted molar refractivity (Wildman–Crippen MR) is 74.9 cm³/mol. The van der Waals surface area contributed by atoms with Crippen LogP contribution in [-0.4, -0.2) is 10.9 Å². The summed E-state index contributed by atoms with van der Waals surface area (Å²) in [5.74, 6) is 0.891.